The van der Waals surface area contributed by atoms with Crippen molar-refractivity contribution in [2.75, 3.05) is 0 Å². The van der Waals surface area contributed by atoms with Crippen LogP contribution in [0.2, 0.25) is 0 Å². The molecular formula is C12H12BrNO5. The number of rotatable bonds is 5. The molecule has 1 amide bonds. The number of hydrogen-bond acceptors (Lipinski definition) is 3. The minimum atomic E-state index is -1.45. The van der Waals surface area contributed by atoms with Crippen LogP contribution in [0.3, 0.4) is 0 Å². The summed E-state index contributed by atoms with van der Waals surface area (Å²) in [5.41, 5.74) is 0.964. The molecule has 0 spiro atoms. The van der Waals surface area contributed by atoms with Crippen molar-refractivity contribution < 1.29 is 24.6 Å². The molecule has 0 aromatic heterocycles. The lowest BCUT2D eigenvalue weighted by molar-refractivity contribution is -0.145. The third-order valence-electron chi connectivity index (χ3n) is 2.42. The van der Waals surface area contributed by atoms with Crippen LogP contribution in [0.15, 0.2) is 22.7 Å². The van der Waals surface area contributed by atoms with Gasteiger partial charge in [0.1, 0.15) is 6.04 Å². The first-order valence-electron chi connectivity index (χ1n) is 5.33. The first-order chi connectivity index (χ1) is 8.81. The van der Waals surface area contributed by atoms with E-state index >= 15 is 0 Å². The molecule has 0 fully saturated rings. The standard InChI is InChI=1S/C12H12BrNO5/c1-6-4-7(13)2-3-8(6)11(17)14-9(12(18)19)5-10(15)16/h2-4,9H,5H2,1H3,(H,14,17)(H,15,16)(H,18,19). The van der Waals surface area contributed by atoms with Crippen molar-refractivity contribution in [1.29, 1.82) is 0 Å². The zero-order valence-corrected chi connectivity index (χ0v) is 11.6. The van der Waals surface area contributed by atoms with Crippen LogP contribution in [-0.2, 0) is 9.59 Å². The molecule has 1 unspecified atom stereocenters. The zero-order valence-electron chi connectivity index (χ0n) is 10.0. The van der Waals surface area contributed by atoms with Gasteiger partial charge in [0.25, 0.3) is 5.91 Å². The number of benzene rings is 1. The molecule has 3 N–H and O–H groups in total. The molecular weight excluding hydrogens is 318 g/mol. The van der Waals surface area contributed by atoms with Crippen LogP contribution < -0.4 is 5.32 Å². The molecule has 0 aliphatic heterocycles. The summed E-state index contributed by atoms with van der Waals surface area (Å²) in [6.45, 7) is 1.70. The molecule has 102 valence electrons. The van der Waals surface area contributed by atoms with Crippen molar-refractivity contribution in [2.45, 2.75) is 19.4 Å². The third kappa shape index (κ3) is 4.36. The second-order valence-electron chi connectivity index (χ2n) is 3.92. The van der Waals surface area contributed by atoms with Crippen LogP contribution >= 0.6 is 15.9 Å². The summed E-state index contributed by atoms with van der Waals surface area (Å²) < 4.78 is 0.793. The van der Waals surface area contributed by atoms with E-state index in [2.05, 4.69) is 21.2 Å². The molecule has 19 heavy (non-hydrogen) atoms. The van der Waals surface area contributed by atoms with Crippen LogP contribution in [0.25, 0.3) is 0 Å². The highest BCUT2D eigenvalue weighted by Gasteiger charge is 2.24. The van der Waals surface area contributed by atoms with Gasteiger partial charge in [-0.05, 0) is 30.7 Å². The number of hydrogen-bond donors (Lipinski definition) is 3. The number of amides is 1. The second-order valence-corrected chi connectivity index (χ2v) is 4.84. The number of carbonyl (C=O) groups is 3. The molecule has 0 radical (unpaired) electrons. The summed E-state index contributed by atoms with van der Waals surface area (Å²) in [6.07, 6.45) is -0.670. The number of nitrogens with one attached hydrogen (secondary N) is 1. The van der Waals surface area contributed by atoms with Crippen LogP contribution in [0.5, 0.6) is 0 Å². The Morgan fingerprint density at radius 2 is 1.95 bits per heavy atom. The molecule has 1 aromatic rings. The van der Waals surface area contributed by atoms with Crippen LogP contribution in [0.1, 0.15) is 22.3 Å². The van der Waals surface area contributed by atoms with E-state index in [-0.39, 0.29) is 0 Å². The summed E-state index contributed by atoms with van der Waals surface area (Å²) in [5.74, 6) is -3.29. The molecule has 7 heteroatoms. The number of carboxylic acids is 2. The van der Waals surface area contributed by atoms with Crippen molar-refractivity contribution >= 4 is 33.8 Å². The van der Waals surface area contributed by atoms with Gasteiger partial charge in [-0.15, -0.1) is 0 Å². The van der Waals surface area contributed by atoms with Gasteiger partial charge in [-0.1, -0.05) is 15.9 Å². The molecule has 0 bridgehead atoms. The fourth-order valence-corrected chi connectivity index (χ4v) is 1.97. The monoisotopic (exact) mass is 329 g/mol. The van der Waals surface area contributed by atoms with Crippen LogP contribution in [0, 0.1) is 6.92 Å². The normalized spacial score (nSPS) is 11.7. The molecule has 1 aromatic carbocycles. The third-order valence-corrected chi connectivity index (χ3v) is 2.91. The van der Waals surface area contributed by atoms with E-state index in [1.807, 2.05) is 0 Å². The second kappa shape index (κ2) is 6.33. The maximum absolute atomic E-state index is 11.9. The molecule has 0 saturated carbocycles. The van der Waals surface area contributed by atoms with Gasteiger partial charge in [0, 0.05) is 10.0 Å². The quantitative estimate of drug-likeness (QED) is 0.757. The molecule has 0 saturated heterocycles. The van der Waals surface area contributed by atoms with Gasteiger partial charge in [-0.2, -0.15) is 0 Å². The van der Waals surface area contributed by atoms with E-state index in [4.69, 9.17) is 10.2 Å². The van der Waals surface area contributed by atoms with Crippen molar-refractivity contribution in [1.82, 2.24) is 5.32 Å². The number of carbonyl (C=O) groups excluding carboxylic acids is 1. The number of aliphatic carboxylic acids is 2. The molecule has 1 atom stereocenters. The van der Waals surface area contributed by atoms with Gasteiger partial charge < -0.3 is 15.5 Å². The van der Waals surface area contributed by atoms with E-state index in [1.54, 1.807) is 19.1 Å². The van der Waals surface area contributed by atoms with E-state index in [0.717, 1.165) is 4.47 Å². The predicted molar refractivity (Wildman–Crippen MR) is 70.0 cm³/mol. The fourth-order valence-electron chi connectivity index (χ4n) is 1.49. The maximum atomic E-state index is 11.9. The fraction of sp³-hybridized carbons (Fsp3) is 0.250. The molecule has 1 rings (SSSR count). The minimum Gasteiger partial charge on any atom is -0.481 e. The average molecular weight is 330 g/mol. The Bertz CT molecular complexity index is 529. The van der Waals surface area contributed by atoms with Gasteiger partial charge >= 0.3 is 11.9 Å². The van der Waals surface area contributed by atoms with Crippen molar-refractivity contribution in [3.05, 3.63) is 33.8 Å². The van der Waals surface area contributed by atoms with Gasteiger partial charge in [-0.25, -0.2) is 4.79 Å². The highest BCUT2D eigenvalue weighted by Crippen LogP contribution is 2.16. The Kier molecular flexibility index (Phi) is 5.05. The molecule has 0 aliphatic rings. The lowest BCUT2D eigenvalue weighted by atomic mass is 10.1. The van der Waals surface area contributed by atoms with E-state index in [1.165, 1.54) is 6.07 Å². The maximum Gasteiger partial charge on any atom is 0.326 e. The molecule has 6 nitrogen and oxygen atoms in total. The Hall–Kier alpha value is -1.89. The number of aryl methyl sites for hydroxylation is 1. The van der Waals surface area contributed by atoms with Gasteiger partial charge in [0.2, 0.25) is 0 Å². The summed E-state index contributed by atoms with van der Waals surface area (Å²) in [4.78, 5) is 33.3. The smallest absolute Gasteiger partial charge is 0.326 e. The van der Waals surface area contributed by atoms with Crippen LogP contribution in [0.4, 0.5) is 0 Å². The van der Waals surface area contributed by atoms with Gasteiger partial charge in [0.05, 0.1) is 6.42 Å². The number of carboxylic acid groups (broad SMARTS) is 2. The van der Waals surface area contributed by atoms with E-state index in [0.29, 0.717) is 11.1 Å². The summed E-state index contributed by atoms with van der Waals surface area (Å²) in [5, 5.41) is 19.6. The van der Waals surface area contributed by atoms with Crippen molar-refractivity contribution in [3.8, 4) is 0 Å². The summed E-state index contributed by atoms with van der Waals surface area (Å²) in [6, 6.07) is 3.44. The first kappa shape index (κ1) is 15.2. The van der Waals surface area contributed by atoms with E-state index < -0.39 is 30.3 Å². The Labute approximate surface area is 117 Å². The van der Waals surface area contributed by atoms with Gasteiger partial charge in [0.15, 0.2) is 0 Å². The lowest BCUT2D eigenvalue weighted by Crippen LogP contribution is -2.42. The largest absolute Gasteiger partial charge is 0.481 e. The summed E-state index contributed by atoms with van der Waals surface area (Å²) in [7, 11) is 0. The lowest BCUT2D eigenvalue weighted by Gasteiger charge is -2.13. The molecule has 0 aliphatic carbocycles. The average Bonchev–Trinajstić information content (AvgIpc) is 2.26. The highest BCUT2D eigenvalue weighted by atomic mass is 79.9. The Morgan fingerprint density at radius 1 is 1.32 bits per heavy atom. The van der Waals surface area contributed by atoms with Crippen molar-refractivity contribution in [3.63, 3.8) is 0 Å². The minimum absolute atomic E-state index is 0.305. The molecule has 0 heterocycles. The Morgan fingerprint density at radius 3 is 2.42 bits per heavy atom. The SMILES string of the molecule is Cc1cc(Br)ccc1C(=O)NC(CC(=O)O)C(=O)O. The first-order valence-corrected chi connectivity index (χ1v) is 6.12. The highest BCUT2D eigenvalue weighted by molar-refractivity contribution is 9.10. The Balaban J connectivity index is 2.87. The number of halogens is 1. The predicted octanol–water partition coefficient (Wildman–Crippen LogP) is 1.42. The summed E-state index contributed by atoms with van der Waals surface area (Å²) >= 11 is 3.25. The van der Waals surface area contributed by atoms with Gasteiger partial charge in [-0.3, -0.25) is 9.59 Å². The van der Waals surface area contributed by atoms with E-state index in [9.17, 15) is 14.4 Å². The van der Waals surface area contributed by atoms with Crippen molar-refractivity contribution in [2.24, 2.45) is 0 Å². The topological polar surface area (TPSA) is 104 Å². The van der Waals surface area contributed by atoms with Crippen LogP contribution in [-0.4, -0.2) is 34.1 Å². The zero-order chi connectivity index (χ0) is 14.6.